The predicted octanol–water partition coefficient (Wildman–Crippen LogP) is 7.61. The van der Waals surface area contributed by atoms with E-state index in [2.05, 4.69) is 6.92 Å². The normalized spacial score (nSPS) is 17.9. The quantitative estimate of drug-likeness (QED) is 0.0755. The molecule has 1 amide bonds. The van der Waals surface area contributed by atoms with Crippen LogP contribution in [0, 0.1) is 6.92 Å². The topological polar surface area (TPSA) is 135 Å². The number of carboxylic acid groups (broad SMARTS) is 1. The Balaban J connectivity index is 0.00000107. The first-order valence-corrected chi connectivity index (χ1v) is 16.9. The molecule has 1 fully saturated rings. The van der Waals surface area contributed by atoms with Crippen molar-refractivity contribution in [1.82, 2.24) is 4.98 Å². The number of hydrogen-bond donors (Lipinski definition) is 2. The van der Waals surface area contributed by atoms with Crippen LogP contribution < -0.4 is 19.1 Å². The number of thiazole rings is 1. The largest absolute Gasteiger partial charge is 0.507 e. The maximum Gasteiger partial charge on any atom is 0.301 e. The Morgan fingerprint density at radius 2 is 1.79 bits per heavy atom. The van der Waals surface area contributed by atoms with Crippen LogP contribution in [0.3, 0.4) is 0 Å². The van der Waals surface area contributed by atoms with E-state index in [1.165, 1.54) is 16.2 Å². The molecule has 0 spiro atoms. The molecule has 48 heavy (non-hydrogen) atoms. The van der Waals surface area contributed by atoms with Crippen LogP contribution in [0.5, 0.6) is 17.2 Å². The van der Waals surface area contributed by atoms with E-state index in [4.69, 9.17) is 29.1 Å². The number of carbonyl (C=O) groups excluding carboxylic acids is 2. The molecule has 2 aliphatic heterocycles. The number of ether oxygens (including phenoxy) is 3. The highest BCUT2D eigenvalue weighted by atomic mass is 32.1. The number of anilines is 1. The van der Waals surface area contributed by atoms with Crippen molar-refractivity contribution in [2.24, 2.45) is 0 Å². The molecule has 3 heterocycles. The zero-order valence-corrected chi connectivity index (χ0v) is 28.6. The standard InChI is InChI=1S/C35H36N2O6S.C2H4O2/c1-5-7-8-15-42-27-14-10-22(19-28(27)41-6-2)31-30(32(38)23-11-13-26-24(18-23)17-21(4)43-26)33(39)34(40)37(31)35-36-25-12-9-20(3)16-29(25)44-35;1-2(3)4/h9-14,16,18-19,21,31,38H,5-8,15,17H2,1-4H3;1H3,(H,3,4)/b32-30+;. The van der Waals surface area contributed by atoms with Crippen LogP contribution in [0.2, 0.25) is 0 Å². The van der Waals surface area contributed by atoms with E-state index in [1.807, 2.05) is 57.2 Å². The molecule has 252 valence electrons. The molecule has 0 aliphatic carbocycles. The first-order valence-electron chi connectivity index (χ1n) is 16.1. The van der Waals surface area contributed by atoms with Gasteiger partial charge in [0, 0.05) is 18.9 Å². The van der Waals surface area contributed by atoms with Crippen molar-refractivity contribution in [3.05, 3.63) is 82.4 Å². The molecule has 1 saturated heterocycles. The minimum Gasteiger partial charge on any atom is -0.507 e. The number of hydrogen-bond acceptors (Lipinski definition) is 9. The Morgan fingerprint density at radius 3 is 2.52 bits per heavy atom. The van der Waals surface area contributed by atoms with Gasteiger partial charge in [0.1, 0.15) is 17.6 Å². The molecular weight excluding hydrogens is 632 g/mol. The van der Waals surface area contributed by atoms with Crippen LogP contribution in [0.15, 0.2) is 60.2 Å². The van der Waals surface area contributed by atoms with Gasteiger partial charge in [0.15, 0.2) is 16.6 Å². The summed E-state index contributed by atoms with van der Waals surface area (Å²) in [6.07, 6.45) is 3.78. The van der Waals surface area contributed by atoms with Crippen LogP contribution in [-0.2, 0) is 20.8 Å². The number of carbonyl (C=O) groups is 3. The summed E-state index contributed by atoms with van der Waals surface area (Å²) in [4.78, 5) is 42.8. The second kappa shape index (κ2) is 14.9. The van der Waals surface area contributed by atoms with Crippen LogP contribution in [0.4, 0.5) is 5.13 Å². The molecule has 10 nitrogen and oxygen atoms in total. The van der Waals surface area contributed by atoms with Gasteiger partial charge in [-0.2, -0.15) is 0 Å². The Kier molecular flexibility index (Phi) is 10.7. The maximum absolute atomic E-state index is 13.8. The van der Waals surface area contributed by atoms with Crippen LogP contribution in [0.1, 0.15) is 75.3 Å². The maximum atomic E-state index is 13.8. The van der Waals surface area contributed by atoms with Crippen molar-refractivity contribution in [3.63, 3.8) is 0 Å². The fourth-order valence-corrected chi connectivity index (χ4v) is 6.90. The van der Waals surface area contributed by atoms with Crippen LogP contribution >= 0.6 is 11.3 Å². The molecular formula is C37H40N2O8S. The van der Waals surface area contributed by atoms with E-state index in [0.717, 1.165) is 53.3 Å². The highest BCUT2D eigenvalue weighted by Gasteiger charge is 2.48. The minimum absolute atomic E-state index is 0.00332. The number of aryl methyl sites for hydroxylation is 1. The predicted molar refractivity (Wildman–Crippen MR) is 185 cm³/mol. The fraction of sp³-hybridized carbons (Fsp3) is 0.351. The molecule has 4 aromatic rings. The van der Waals surface area contributed by atoms with Gasteiger partial charge >= 0.3 is 5.91 Å². The Bertz CT molecular complexity index is 1880. The number of benzene rings is 3. The van der Waals surface area contributed by atoms with Gasteiger partial charge < -0.3 is 24.4 Å². The third kappa shape index (κ3) is 7.31. The number of rotatable bonds is 10. The number of aliphatic hydroxyl groups excluding tert-OH is 1. The van der Waals surface area contributed by atoms with Crippen molar-refractivity contribution in [3.8, 4) is 17.2 Å². The van der Waals surface area contributed by atoms with Gasteiger partial charge in [-0.1, -0.05) is 43.2 Å². The van der Waals surface area contributed by atoms with E-state index in [-0.39, 0.29) is 17.4 Å². The Hall–Kier alpha value is -4.90. The van der Waals surface area contributed by atoms with E-state index in [1.54, 1.807) is 18.2 Å². The number of carboxylic acids is 1. The number of nitrogens with zero attached hydrogens (tertiary/aromatic N) is 2. The van der Waals surface area contributed by atoms with Gasteiger partial charge in [-0.3, -0.25) is 19.3 Å². The van der Waals surface area contributed by atoms with Gasteiger partial charge in [0.2, 0.25) is 0 Å². The third-order valence-corrected chi connectivity index (χ3v) is 8.96. The zero-order chi connectivity index (χ0) is 34.5. The molecule has 2 atom stereocenters. The van der Waals surface area contributed by atoms with E-state index >= 15 is 0 Å². The lowest BCUT2D eigenvalue weighted by molar-refractivity contribution is -0.134. The van der Waals surface area contributed by atoms with Crippen molar-refractivity contribution in [2.45, 2.75) is 72.4 Å². The summed E-state index contributed by atoms with van der Waals surface area (Å²) < 4.78 is 18.8. The van der Waals surface area contributed by atoms with Crippen LogP contribution in [0.25, 0.3) is 16.0 Å². The number of Topliss-reactive ketones (excluding diaryl/α,β-unsaturated/α-hetero) is 1. The molecule has 3 aromatic carbocycles. The fourth-order valence-electron chi connectivity index (χ4n) is 5.81. The first kappa shape index (κ1) is 34.4. The average Bonchev–Trinajstić information content (AvgIpc) is 3.71. The van der Waals surface area contributed by atoms with Gasteiger partial charge in [-0.05, 0) is 86.3 Å². The SMILES string of the molecule is CC(=O)O.CCCCCOc1ccc(C2/C(=C(\O)c3ccc4c(c3)CC(C)O4)C(=O)C(=O)N2c2nc3ccc(C)cc3s2)cc1OCC. The van der Waals surface area contributed by atoms with Crippen LogP contribution in [-0.4, -0.2) is 52.2 Å². The zero-order valence-electron chi connectivity index (χ0n) is 27.7. The smallest absolute Gasteiger partial charge is 0.301 e. The number of ketones is 1. The molecule has 1 aromatic heterocycles. The second-order valence-electron chi connectivity index (χ2n) is 11.8. The molecule has 11 heteroatoms. The van der Waals surface area contributed by atoms with Gasteiger partial charge in [-0.25, -0.2) is 4.98 Å². The highest BCUT2D eigenvalue weighted by molar-refractivity contribution is 7.22. The minimum atomic E-state index is -0.937. The molecule has 2 N–H and O–H groups in total. The van der Waals surface area contributed by atoms with Gasteiger partial charge in [0.25, 0.3) is 11.8 Å². The monoisotopic (exact) mass is 672 g/mol. The van der Waals surface area contributed by atoms with Crippen molar-refractivity contribution in [1.29, 1.82) is 0 Å². The van der Waals surface area contributed by atoms with Gasteiger partial charge in [-0.15, -0.1) is 0 Å². The summed E-state index contributed by atoms with van der Waals surface area (Å²) >= 11 is 1.34. The summed E-state index contributed by atoms with van der Waals surface area (Å²) in [5.74, 6) is -0.739. The summed E-state index contributed by atoms with van der Waals surface area (Å²) in [6, 6.07) is 15.7. The molecule has 0 radical (unpaired) electrons. The Labute approximate surface area is 283 Å². The van der Waals surface area contributed by atoms with Crippen molar-refractivity contribution in [2.75, 3.05) is 18.1 Å². The summed E-state index contributed by atoms with van der Waals surface area (Å²) in [7, 11) is 0. The molecule has 0 saturated carbocycles. The number of amides is 1. The molecule has 6 rings (SSSR count). The number of aromatic nitrogens is 1. The number of aliphatic carboxylic acids is 1. The number of unbranched alkanes of at least 4 members (excludes halogenated alkanes) is 2. The summed E-state index contributed by atoms with van der Waals surface area (Å²) in [5, 5.41) is 19.5. The Morgan fingerprint density at radius 1 is 1.02 bits per heavy atom. The van der Waals surface area contributed by atoms with Crippen molar-refractivity contribution >= 4 is 50.1 Å². The van der Waals surface area contributed by atoms with Crippen molar-refractivity contribution < 1.29 is 38.8 Å². The third-order valence-electron chi connectivity index (χ3n) is 7.94. The highest BCUT2D eigenvalue weighted by Crippen LogP contribution is 2.46. The molecule has 2 aliphatic rings. The lowest BCUT2D eigenvalue weighted by Gasteiger charge is -2.24. The lowest BCUT2D eigenvalue weighted by atomic mass is 9.94. The van der Waals surface area contributed by atoms with E-state index < -0.39 is 23.7 Å². The summed E-state index contributed by atoms with van der Waals surface area (Å²) in [5.41, 5.74) is 3.79. The lowest BCUT2D eigenvalue weighted by Crippen LogP contribution is -2.29. The van der Waals surface area contributed by atoms with Gasteiger partial charge in [0.05, 0.1) is 35.0 Å². The average molecular weight is 673 g/mol. The number of fused-ring (bicyclic) bond motifs is 2. The number of aliphatic hydroxyl groups is 1. The summed E-state index contributed by atoms with van der Waals surface area (Å²) in [6.45, 7) is 10.0. The first-order chi connectivity index (χ1) is 23.0. The molecule has 2 unspecified atom stereocenters. The van der Waals surface area contributed by atoms with E-state index in [9.17, 15) is 14.7 Å². The van der Waals surface area contributed by atoms with E-state index in [0.29, 0.717) is 47.4 Å². The second-order valence-corrected chi connectivity index (χ2v) is 12.8. The molecule has 0 bridgehead atoms.